The Labute approximate surface area is 138 Å². The summed E-state index contributed by atoms with van der Waals surface area (Å²) in [7, 11) is 1.66. The first-order valence-corrected chi connectivity index (χ1v) is 7.82. The number of methoxy groups -OCH3 is 1. The van der Waals surface area contributed by atoms with Crippen LogP contribution in [0.2, 0.25) is 0 Å². The fourth-order valence-corrected chi connectivity index (χ4v) is 3.24. The van der Waals surface area contributed by atoms with Gasteiger partial charge in [-0.1, -0.05) is 6.07 Å². The lowest BCUT2D eigenvalue weighted by Gasteiger charge is -2.22. The molecule has 124 valence electrons. The lowest BCUT2D eigenvalue weighted by molar-refractivity contribution is 0.0686. The minimum absolute atomic E-state index is 0.0313. The molecule has 1 fully saturated rings. The maximum absolute atomic E-state index is 13.2. The number of hydrogen-bond donors (Lipinski definition) is 2. The van der Waals surface area contributed by atoms with Crippen LogP contribution in [0.15, 0.2) is 24.5 Å². The lowest BCUT2D eigenvalue weighted by atomic mass is 10.1. The van der Waals surface area contributed by atoms with Gasteiger partial charge in [0.05, 0.1) is 29.6 Å². The van der Waals surface area contributed by atoms with Gasteiger partial charge in [0.25, 0.3) is 5.91 Å². The van der Waals surface area contributed by atoms with Crippen molar-refractivity contribution in [1.29, 1.82) is 0 Å². The monoisotopic (exact) mass is 326 g/mol. The first-order chi connectivity index (χ1) is 11.7. The number of fused-ring (bicyclic) bond motifs is 1. The summed E-state index contributed by atoms with van der Waals surface area (Å²) in [6, 6.07) is 5.34. The number of aromatic amines is 2. The highest BCUT2D eigenvalue weighted by atomic mass is 16.5. The SMILES string of the molecule is CO[C@@H]1C[C@@H](c2n[nH]c(C)n2)N(C(=O)c2cccc3[nH]cnc23)C1. The molecule has 2 aromatic heterocycles. The number of rotatable bonds is 3. The van der Waals surface area contributed by atoms with Crippen molar-refractivity contribution >= 4 is 16.9 Å². The van der Waals surface area contributed by atoms with Crippen molar-refractivity contribution in [2.45, 2.75) is 25.5 Å². The van der Waals surface area contributed by atoms with Gasteiger partial charge in [-0.2, -0.15) is 5.10 Å². The summed E-state index contributed by atoms with van der Waals surface area (Å²) in [5.41, 5.74) is 2.09. The Hall–Kier alpha value is -2.74. The van der Waals surface area contributed by atoms with E-state index in [-0.39, 0.29) is 18.1 Å². The van der Waals surface area contributed by atoms with Crippen LogP contribution < -0.4 is 0 Å². The van der Waals surface area contributed by atoms with Crippen molar-refractivity contribution in [2.24, 2.45) is 0 Å². The third kappa shape index (κ3) is 2.35. The molecule has 4 rings (SSSR count). The molecule has 1 saturated heterocycles. The Morgan fingerprint density at radius 2 is 2.29 bits per heavy atom. The maximum Gasteiger partial charge on any atom is 0.256 e. The number of carbonyl (C=O) groups excluding carboxylic acids is 1. The second kappa shape index (κ2) is 5.72. The number of nitrogens with one attached hydrogen (secondary N) is 2. The highest BCUT2D eigenvalue weighted by molar-refractivity contribution is 6.05. The number of ether oxygens (including phenoxy) is 1. The minimum atomic E-state index is -0.207. The van der Waals surface area contributed by atoms with E-state index in [4.69, 9.17) is 4.74 Å². The third-order valence-electron chi connectivity index (χ3n) is 4.45. The van der Waals surface area contributed by atoms with E-state index in [0.717, 1.165) is 11.3 Å². The van der Waals surface area contributed by atoms with Crippen LogP contribution in [-0.2, 0) is 4.74 Å². The van der Waals surface area contributed by atoms with Crippen LogP contribution in [0.4, 0.5) is 0 Å². The van der Waals surface area contributed by atoms with Crippen LogP contribution in [0, 0.1) is 6.92 Å². The van der Waals surface area contributed by atoms with Crippen molar-refractivity contribution < 1.29 is 9.53 Å². The minimum Gasteiger partial charge on any atom is -0.380 e. The van der Waals surface area contributed by atoms with E-state index in [1.165, 1.54) is 0 Å². The summed E-state index contributed by atoms with van der Waals surface area (Å²) in [6.07, 6.45) is 2.24. The third-order valence-corrected chi connectivity index (χ3v) is 4.45. The molecule has 0 spiro atoms. The molecule has 1 amide bonds. The van der Waals surface area contributed by atoms with Gasteiger partial charge in [-0.05, 0) is 19.1 Å². The van der Waals surface area contributed by atoms with Crippen LogP contribution >= 0.6 is 0 Å². The molecule has 0 bridgehead atoms. The van der Waals surface area contributed by atoms with Gasteiger partial charge in [0.15, 0.2) is 5.82 Å². The number of aryl methyl sites for hydroxylation is 1. The van der Waals surface area contributed by atoms with Crippen LogP contribution in [0.25, 0.3) is 11.0 Å². The molecular weight excluding hydrogens is 308 g/mol. The molecule has 2 N–H and O–H groups in total. The number of carbonyl (C=O) groups is 1. The van der Waals surface area contributed by atoms with Crippen molar-refractivity contribution in [1.82, 2.24) is 30.0 Å². The summed E-state index contributed by atoms with van der Waals surface area (Å²) in [6.45, 7) is 2.35. The quantitative estimate of drug-likeness (QED) is 0.761. The summed E-state index contributed by atoms with van der Waals surface area (Å²) in [4.78, 5) is 26.7. The zero-order valence-electron chi connectivity index (χ0n) is 13.5. The summed E-state index contributed by atoms with van der Waals surface area (Å²) >= 11 is 0. The molecule has 0 saturated carbocycles. The number of H-pyrrole nitrogens is 2. The molecule has 3 heterocycles. The van der Waals surface area contributed by atoms with Crippen molar-refractivity contribution in [2.75, 3.05) is 13.7 Å². The van der Waals surface area contributed by atoms with Crippen LogP contribution in [0.3, 0.4) is 0 Å². The molecule has 8 nitrogen and oxygen atoms in total. The second-order valence-electron chi connectivity index (χ2n) is 5.95. The number of hydrogen-bond acceptors (Lipinski definition) is 5. The van der Waals surface area contributed by atoms with Gasteiger partial charge in [0, 0.05) is 20.1 Å². The van der Waals surface area contributed by atoms with Gasteiger partial charge in [-0.3, -0.25) is 9.89 Å². The fourth-order valence-electron chi connectivity index (χ4n) is 3.24. The fraction of sp³-hybridized carbons (Fsp3) is 0.375. The zero-order valence-corrected chi connectivity index (χ0v) is 13.5. The number of aromatic nitrogens is 5. The Morgan fingerprint density at radius 1 is 1.42 bits per heavy atom. The number of para-hydroxylation sites is 1. The topological polar surface area (TPSA) is 99.8 Å². The van der Waals surface area contributed by atoms with Crippen molar-refractivity contribution in [3.05, 3.63) is 41.7 Å². The van der Waals surface area contributed by atoms with E-state index < -0.39 is 0 Å². The lowest BCUT2D eigenvalue weighted by Crippen LogP contribution is -2.32. The molecule has 1 aromatic carbocycles. The molecule has 1 aliphatic rings. The number of benzene rings is 1. The summed E-state index contributed by atoms with van der Waals surface area (Å²) in [5, 5.41) is 7.08. The molecule has 24 heavy (non-hydrogen) atoms. The first kappa shape index (κ1) is 14.8. The van der Waals surface area contributed by atoms with Gasteiger partial charge in [0.2, 0.25) is 0 Å². The van der Waals surface area contributed by atoms with E-state index in [1.54, 1.807) is 24.4 Å². The highest BCUT2D eigenvalue weighted by Crippen LogP contribution is 2.33. The molecule has 0 unspecified atom stereocenters. The average Bonchev–Trinajstić information content (AvgIpc) is 3.31. The molecule has 8 heteroatoms. The first-order valence-electron chi connectivity index (χ1n) is 7.82. The molecule has 0 radical (unpaired) electrons. The Kier molecular flexibility index (Phi) is 3.53. The number of imidazole rings is 1. The maximum atomic E-state index is 13.2. The molecule has 2 atom stereocenters. The number of nitrogens with zero attached hydrogens (tertiary/aromatic N) is 4. The normalized spacial score (nSPS) is 20.8. The van der Waals surface area contributed by atoms with Crippen molar-refractivity contribution in [3.63, 3.8) is 0 Å². The number of amides is 1. The second-order valence-corrected chi connectivity index (χ2v) is 5.95. The zero-order chi connectivity index (χ0) is 16.7. The average molecular weight is 326 g/mol. The molecule has 1 aliphatic heterocycles. The van der Waals surface area contributed by atoms with Gasteiger partial charge in [-0.25, -0.2) is 9.97 Å². The smallest absolute Gasteiger partial charge is 0.256 e. The van der Waals surface area contributed by atoms with E-state index >= 15 is 0 Å². The van der Waals surface area contributed by atoms with E-state index in [0.29, 0.717) is 29.9 Å². The van der Waals surface area contributed by atoms with E-state index in [1.807, 2.05) is 19.1 Å². The predicted octanol–water partition coefficient (Wildman–Crippen LogP) is 1.59. The summed E-state index contributed by atoms with van der Waals surface area (Å²) in [5.74, 6) is 1.27. The van der Waals surface area contributed by atoms with Crippen LogP contribution in [0.1, 0.15) is 34.5 Å². The van der Waals surface area contributed by atoms with Gasteiger partial charge in [0.1, 0.15) is 11.3 Å². The standard InChI is InChI=1S/C16H18N6O2/c1-9-19-15(21-20-9)13-6-10(24-2)7-22(13)16(23)11-4-3-5-12-14(11)18-8-17-12/h3-5,8,10,13H,6-7H2,1-2H3,(H,17,18)(H,19,20,21)/t10-,13+/m1/s1. The molecule has 3 aromatic rings. The molecule has 0 aliphatic carbocycles. The van der Waals surface area contributed by atoms with Gasteiger partial charge >= 0.3 is 0 Å². The molecular formula is C16H18N6O2. The highest BCUT2D eigenvalue weighted by Gasteiger charge is 2.39. The largest absolute Gasteiger partial charge is 0.380 e. The Morgan fingerprint density at radius 3 is 3.04 bits per heavy atom. The predicted molar refractivity (Wildman–Crippen MR) is 86.4 cm³/mol. The van der Waals surface area contributed by atoms with Gasteiger partial charge < -0.3 is 14.6 Å². The Bertz CT molecular complexity index is 885. The van der Waals surface area contributed by atoms with Crippen LogP contribution in [-0.4, -0.2) is 55.7 Å². The summed E-state index contributed by atoms with van der Waals surface area (Å²) < 4.78 is 5.48. The van der Waals surface area contributed by atoms with Crippen molar-refractivity contribution in [3.8, 4) is 0 Å². The van der Waals surface area contributed by atoms with E-state index in [2.05, 4.69) is 25.1 Å². The van der Waals surface area contributed by atoms with Crippen LogP contribution in [0.5, 0.6) is 0 Å². The number of likely N-dealkylation sites (tertiary alicyclic amines) is 1. The van der Waals surface area contributed by atoms with Gasteiger partial charge in [-0.15, -0.1) is 0 Å². The Balaban J connectivity index is 1.72. The van der Waals surface area contributed by atoms with E-state index in [9.17, 15) is 4.79 Å².